The standard InChI is InChI=1S/C39H41N9O/c1-46-20-21-47(38-42-32-18-10-8-16-30(32)36(44-38)40-24-28-12-4-2-5-13-28)26-34(46)35-27-48(22-23-49-35)39-43-33-19-11-9-17-31(33)37(45-39)41-25-29-14-6-3-7-15-29/h2-19,34-35H,20-27H2,1H3,(H,40,42,44)(H,41,43,45). The van der Waals surface area contributed by atoms with Gasteiger partial charge < -0.3 is 25.2 Å². The quantitative estimate of drug-likeness (QED) is 0.199. The van der Waals surface area contributed by atoms with Gasteiger partial charge in [0, 0.05) is 56.6 Å². The fourth-order valence-electron chi connectivity index (χ4n) is 6.82. The highest BCUT2D eigenvalue weighted by atomic mass is 16.5. The number of fused-ring (bicyclic) bond motifs is 2. The molecule has 2 aliphatic heterocycles. The molecule has 2 aliphatic rings. The van der Waals surface area contributed by atoms with Crippen molar-refractivity contribution in [2.45, 2.75) is 25.2 Å². The van der Waals surface area contributed by atoms with Crippen LogP contribution in [0, 0.1) is 0 Å². The molecule has 2 unspecified atom stereocenters. The van der Waals surface area contributed by atoms with Crippen molar-refractivity contribution in [3.63, 3.8) is 0 Å². The number of morpholine rings is 1. The summed E-state index contributed by atoms with van der Waals surface area (Å²) >= 11 is 0. The van der Waals surface area contributed by atoms with Crippen molar-refractivity contribution in [2.75, 3.05) is 66.8 Å². The molecule has 2 atom stereocenters. The minimum atomic E-state index is -0.0338. The second-order valence-corrected chi connectivity index (χ2v) is 12.8. The number of ether oxygens (including phenoxy) is 1. The summed E-state index contributed by atoms with van der Waals surface area (Å²) in [5.74, 6) is 3.17. The second-order valence-electron chi connectivity index (χ2n) is 12.8. The highest BCUT2D eigenvalue weighted by Crippen LogP contribution is 2.29. The van der Waals surface area contributed by atoms with Crippen molar-refractivity contribution in [1.29, 1.82) is 0 Å². The van der Waals surface area contributed by atoms with Gasteiger partial charge in [-0.05, 0) is 42.4 Å². The summed E-state index contributed by atoms with van der Waals surface area (Å²) in [6.45, 7) is 5.90. The Morgan fingerprint density at radius 1 is 0.592 bits per heavy atom. The minimum Gasteiger partial charge on any atom is -0.373 e. The number of aromatic nitrogens is 4. The summed E-state index contributed by atoms with van der Waals surface area (Å²) in [5.41, 5.74) is 4.28. The van der Waals surface area contributed by atoms with Gasteiger partial charge in [0.15, 0.2) is 0 Å². The average Bonchev–Trinajstić information content (AvgIpc) is 3.17. The first-order chi connectivity index (χ1) is 24.2. The SMILES string of the molecule is CN1CCN(c2nc(NCc3ccccc3)c3ccccc3n2)CC1C1CN(c2nc(NCc3ccccc3)c3ccccc3n2)CCO1. The molecule has 0 bridgehead atoms. The van der Waals surface area contributed by atoms with E-state index < -0.39 is 0 Å². The van der Waals surface area contributed by atoms with E-state index in [2.05, 4.69) is 105 Å². The van der Waals surface area contributed by atoms with Gasteiger partial charge in [-0.2, -0.15) is 9.97 Å². The predicted octanol–water partition coefficient (Wildman–Crippen LogP) is 5.82. The van der Waals surface area contributed by atoms with E-state index in [-0.39, 0.29) is 12.1 Å². The maximum atomic E-state index is 6.49. The molecule has 0 saturated carbocycles. The molecule has 2 N–H and O–H groups in total. The first-order valence-electron chi connectivity index (χ1n) is 17.1. The number of rotatable bonds is 9. The van der Waals surface area contributed by atoms with E-state index in [4.69, 9.17) is 24.7 Å². The largest absolute Gasteiger partial charge is 0.373 e. The van der Waals surface area contributed by atoms with Crippen LogP contribution in [-0.4, -0.2) is 83.4 Å². The molecular formula is C39H41N9O. The third-order valence-electron chi connectivity index (χ3n) is 9.57. The van der Waals surface area contributed by atoms with Gasteiger partial charge in [-0.25, -0.2) is 9.97 Å². The molecule has 8 rings (SSSR count). The molecule has 2 aromatic heterocycles. The van der Waals surface area contributed by atoms with E-state index in [1.165, 1.54) is 11.1 Å². The Kier molecular flexibility index (Phi) is 8.87. The van der Waals surface area contributed by atoms with Gasteiger partial charge >= 0.3 is 0 Å². The lowest BCUT2D eigenvalue weighted by Crippen LogP contribution is -2.61. The van der Waals surface area contributed by atoms with E-state index in [0.29, 0.717) is 26.2 Å². The summed E-state index contributed by atoms with van der Waals surface area (Å²) in [4.78, 5) is 27.2. The molecule has 0 amide bonds. The average molecular weight is 652 g/mol. The molecule has 0 aliphatic carbocycles. The molecule has 10 heteroatoms. The van der Waals surface area contributed by atoms with Crippen LogP contribution in [0.15, 0.2) is 109 Å². The molecule has 10 nitrogen and oxygen atoms in total. The molecular weight excluding hydrogens is 610 g/mol. The van der Waals surface area contributed by atoms with Crippen molar-refractivity contribution in [1.82, 2.24) is 24.8 Å². The van der Waals surface area contributed by atoms with Crippen LogP contribution in [0.1, 0.15) is 11.1 Å². The highest BCUT2D eigenvalue weighted by Gasteiger charge is 2.36. The number of nitrogens with zero attached hydrogens (tertiary/aromatic N) is 7. The molecule has 0 spiro atoms. The van der Waals surface area contributed by atoms with Gasteiger partial charge in [-0.3, -0.25) is 4.90 Å². The van der Waals surface area contributed by atoms with Crippen molar-refractivity contribution in [2.24, 2.45) is 0 Å². The van der Waals surface area contributed by atoms with Gasteiger partial charge in [0.25, 0.3) is 0 Å². The number of para-hydroxylation sites is 2. The first kappa shape index (κ1) is 31.0. The van der Waals surface area contributed by atoms with Gasteiger partial charge in [0.1, 0.15) is 11.6 Å². The minimum absolute atomic E-state index is 0.0338. The molecule has 0 radical (unpaired) electrons. The fourth-order valence-corrected chi connectivity index (χ4v) is 6.82. The maximum Gasteiger partial charge on any atom is 0.228 e. The van der Waals surface area contributed by atoms with Crippen molar-refractivity contribution < 1.29 is 4.74 Å². The summed E-state index contributed by atoms with van der Waals surface area (Å²) in [6, 6.07) is 37.4. The Morgan fingerprint density at radius 3 is 1.67 bits per heavy atom. The lowest BCUT2D eigenvalue weighted by Gasteiger charge is -2.45. The van der Waals surface area contributed by atoms with Crippen LogP contribution >= 0.6 is 0 Å². The van der Waals surface area contributed by atoms with Gasteiger partial charge in [0.05, 0.1) is 29.8 Å². The maximum absolute atomic E-state index is 6.49. The predicted molar refractivity (Wildman–Crippen MR) is 197 cm³/mol. The van der Waals surface area contributed by atoms with Gasteiger partial charge in [0.2, 0.25) is 11.9 Å². The summed E-state index contributed by atoms with van der Waals surface area (Å²) in [5, 5.41) is 9.21. The number of piperazine rings is 1. The number of benzene rings is 4. The normalized spacial score (nSPS) is 18.6. The Bertz CT molecular complexity index is 2030. The summed E-state index contributed by atoms with van der Waals surface area (Å²) in [6.07, 6.45) is -0.0338. The van der Waals surface area contributed by atoms with Gasteiger partial charge in [-0.15, -0.1) is 0 Å². The molecule has 6 aromatic rings. The lowest BCUT2D eigenvalue weighted by molar-refractivity contribution is -0.0195. The summed E-state index contributed by atoms with van der Waals surface area (Å²) in [7, 11) is 2.19. The zero-order valence-electron chi connectivity index (χ0n) is 27.7. The van der Waals surface area contributed by atoms with Crippen molar-refractivity contribution >= 4 is 45.3 Å². The van der Waals surface area contributed by atoms with E-state index >= 15 is 0 Å². The van der Waals surface area contributed by atoms with Crippen LogP contribution in [0.25, 0.3) is 21.8 Å². The second kappa shape index (κ2) is 14.0. The fraction of sp³-hybridized carbons (Fsp3) is 0.282. The van der Waals surface area contributed by atoms with Crippen LogP contribution in [0.5, 0.6) is 0 Å². The molecule has 4 aromatic carbocycles. The number of anilines is 4. The Balaban J connectivity index is 1.02. The van der Waals surface area contributed by atoms with Crippen molar-refractivity contribution in [3.8, 4) is 0 Å². The van der Waals surface area contributed by atoms with Crippen LogP contribution in [-0.2, 0) is 17.8 Å². The number of hydrogen-bond donors (Lipinski definition) is 2. The van der Waals surface area contributed by atoms with E-state index in [9.17, 15) is 0 Å². The Morgan fingerprint density at radius 2 is 1.10 bits per heavy atom. The van der Waals surface area contributed by atoms with Crippen molar-refractivity contribution in [3.05, 3.63) is 120 Å². The zero-order chi connectivity index (χ0) is 33.0. The smallest absolute Gasteiger partial charge is 0.228 e. The molecule has 248 valence electrons. The van der Waals surface area contributed by atoms with Crippen LogP contribution in [0.4, 0.5) is 23.5 Å². The third-order valence-corrected chi connectivity index (χ3v) is 9.57. The molecule has 4 heterocycles. The molecule has 2 fully saturated rings. The first-order valence-corrected chi connectivity index (χ1v) is 17.1. The van der Waals surface area contributed by atoms with E-state index in [1.54, 1.807) is 0 Å². The van der Waals surface area contributed by atoms with Gasteiger partial charge in [-0.1, -0.05) is 84.9 Å². The Hall–Kier alpha value is -5.32. The topological polar surface area (TPSA) is 94.6 Å². The third kappa shape index (κ3) is 6.83. The van der Waals surface area contributed by atoms with E-state index in [0.717, 1.165) is 71.5 Å². The molecule has 2 saturated heterocycles. The van der Waals surface area contributed by atoms with Crippen LogP contribution in [0.2, 0.25) is 0 Å². The number of hydrogen-bond acceptors (Lipinski definition) is 10. The van der Waals surface area contributed by atoms with Crippen LogP contribution in [0.3, 0.4) is 0 Å². The van der Waals surface area contributed by atoms with Crippen LogP contribution < -0.4 is 20.4 Å². The lowest BCUT2D eigenvalue weighted by atomic mass is 10.0. The Labute approximate surface area is 286 Å². The van der Waals surface area contributed by atoms with E-state index in [1.807, 2.05) is 36.4 Å². The summed E-state index contributed by atoms with van der Waals surface area (Å²) < 4.78 is 6.49. The molecule has 49 heavy (non-hydrogen) atoms. The number of nitrogens with one attached hydrogen (secondary N) is 2. The number of likely N-dealkylation sites (N-methyl/N-ethyl adjacent to an activating group) is 1. The highest BCUT2D eigenvalue weighted by molar-refractivity contribution is 5.91. The zero-order valence-corrected chi connectivity index (χ0v) is 27.7. The monoisotopic (exact) mass is 651 g/mol.